The number of hydrogen-bond donors (Lipinski definition) is 1. The van der Waals surface area contributed by atoms with E-state index in [1.165, 1.54) is 0 Å². The highest BCUT2D eigenvalue weighted by Crippen LogP contribution is 2.25. The number of hydrogen-bond acceptors (Lipinski definition) is 2. The lowest BCUT2D eigenvalue weighted by Gasteiger charge is -2.17. The number of benzene rings is 2. The van der Waals surface area contributed by atoms with Crippen LogP contribution in [0.5, 0.6) is 5.75 Å². The van der Waals surface area contributed by atoms with Crippen molar-refractivity contribution >= 4 is 28.3 Å². The average Bonchev–Trinajstić information content (AvgIpc) is 2.41. The number of anilines is 1. The van der Waals surface area contributed by atoms with E-state index in [1.54, 1.807) is 24.3 Å². The summed E-state index contributed by atoms with van der Waals surface area (Å²) in [5.41, 5.74) is 2.06. The highest BCUT2D eigenvalue weighted by atomic mass is 127. The van der Waals surface area contributed by atoms with Crippen LogP contribution in [0.4, 0.5) is 14.5 Å². The van der Waals surface area contributed by atoms with Crippen molar-refractivity contribution in [3.05, 3.63) is 57.7 Å². The van der Waals surface area contributed by atoms with Crippen LogP contribution < -0.4 is 10.1 Å². The normalized spacial score (nSPS) is 12.2. The highest BCUT2D eigenvalue weighted by Gasteiger charge is 2.08. The molecule has 1 N–H and O–H groups in total. The third-order valence-corrected chi connectivity index (χ3v) is 3.79. The zero-order valence-electron chi connectivity index (χ0n) is 10.8. The standard InChI is InChI=1S/C15H14F2INO/c1-10(19-14-5-3-2-4-13(14)18)11-6-8-12(9-7-11)20-15(16)17/h2-10,15,19H,1H3. The molecule has 2 aromatic rings. The van der Waals surface area contributed by atoms with Gasteiger partial charge in [0.1, 0.15) is 5.75 Å². The maximum absolute atomic E-state index is 12.1. The second-order valence-electron chi connectivity index (χ2n) is 4.29. The van der Waals surface area contributed by atoms with Gasteiger partial charge >= 0.3 is 6.61 Å². The van der Waals surface area contributed by atoms with Gasteiger partial charge in [-0.3, -0.25) is 0 Å². The largest absolute Gasteiger partial charge is 0.435 e. The molecule has 2 nitrogen and oxygen atoms in total. The lowest BCUT2D eigenvalue weighted by Crippen LogP contribution is -2.08. The van der Waals surface area contributed by atoms with E-state index in [4.69, 9.17) is 0 Å². The minimum atomic E-state index is -2.79. The minimum Gasteiger partial charge on any atom is -0.435 e. The van der Waals surface area contributed by atoms with Crippen molar-refractivity contribution in [3.63, 3.8) is 0 Å². The minimum absolute atomic E-state index is 0.0755. The Bertz CT molecular complexity index is 560. The Labute approximate surface area is 130 Å². The molecule has 0 bridgehead atoms. The molecular formula is C15H14F2INO. The first kappa shape index (κ1) is 15.0. The summed E-state index contributed by atoms with van der Waals surface area (Å²) in [6.45, 7) is -0.770. The van der Waals surface area contributed by atoms with E-state index >= 15 is 0 Å². The Kier molecular flexibility index (Phi) is 5.17. The summed E-state index contributed by atoms with van der Waals surface area (Å²) in [6, 6.07) is 14.7. The van der Waals surface area contributed by atoms with Crippen LogP contribution in [-0.2, 0) is 0 Å². The first-order valence-electron chi connectivity index (χ1n) is 6.12. The van der Waals surface area contributed by atoms with Crippen molar-refractivity contribution in [3.8, 4) is 5.75 Å². The summed E-state index contributed by atoms with van der Waals surface area (Å²) in [6.07, 6.45) is 0. The second-order valence-corrected chi connectivity index (χ2v) is 5.46. The first-order chi connectivity index (χ1) is 9.56. The van der Waals surface area contributed by atoms with Crippen molar-refractivity contribution in [1.29, 1.82) is 0 Å². The van der Waals surface area contributed by atoms with Crippen LogP contribution in [0.15, 0.2) is 48.5 Å². The van der Waals surface area contributed by atoms with Crippen LogP contribution in [0.2, 0.25) is 0 Å². The summed E-state index contributed by atoms with van der Waals surface area (Å²) in [7, 11) is 0. The van der Waals surface area contributed by atoms with E-state index in [-0.39, 0.29) is 11.8 Å². The molecule has 5 heteroatoms. The van der Waals surface area contributed by atoms with Gasteiger partial charge in [0.05, 0.1) is 0 Å². The van der Waals surface area contributed by atoms with Crippen LogP contribution in [-0.4, -0.2) is 6.61 Å². The number of ether oxygens (including phenoxy) is 1. The Morgan fingerprint density at radius 3 is 2.30 bits per heavy atom. The van der Waals surface area contributed by atoms with Crippen LogP contribution in [0.25, 0.3) is 0 Å². The molecular weight excluding hydrogens is 375 g/mol. The number of alkyl halides is 2. The Hall–Kier alpha value is -1.37. The van der Waals surface area contributed by atoms with Crippen LogP contribution in [0.1, 0.15) is 18.5 Å². The molecule has 0 saturated carbocycles. The number of rotatable bonds is 5. The Balaban J connectivity index is 2.06. The maximum atomic E-state index is 12.1. The van der Waals surface area contributed by atoms with Crippen molar-refractivity contribution in [1.82, 2.24) is 0 Å². The van der Waals surface area contributed by atoms with Crippen molar-refractivity contribution in [2.45, 2.75) is 19.6 Å². The molecule has 1 unspecified atom stereocenters. The van der Waals surface area contributed by atoms with Gasteiger partial charge in [-0.05, 0) is 59.3 Å². The van der Waals surface area contributed by atoms with Gasteiger partial charge < -0.3 is 10.1 Å². The van der Waals surface area contributed by atoms with Crippen molar-refractivity contribution < 1.29 is 13.5 Å². The van der Waals surface area contributed by atoms with Gasteiger partial charge in [0.2, 0.25) is 0 Å². The molecule has 0 aromatic heterocycles. The van der Waals surface area contributed by atoms with E-state index in [0.29, 0.717) is 0 Å². The molecule has 20 heavy (non-hydrogen) atoms. The van der Waals surface area contributed by atoms with Crippen molar-refractivity contribution in [2.75, 3.05) is 5.32 Å². The SMILES string of the molecule is CC(Nc1ccccc1I)c1ccc(OC(F)F)cc1. The fourth-order valence-electron chi connectivity index (χ4n) is 1.83. The van der Waals surface area contributed by atoms with Gasteiger partial charge in [0.25, 0.3) is 0 Å². The van der Waals surface area contributed by atoms with Gasteiger partial charge in [-0.25, -0.2) is 0 Å². The molecule has 2 rings (SSSR count). The summed E-state index contributed by atoms with van der Waals surface area (Å²) in [4.78, 5) is 0. The predicted molar refractivity (Wildman–Crippen MR) is 84.3 cm³/mol. The Morgan fingerprint density at radius 1 is 1.05 bits per heavy atom. The third kappa shape index (κ3) is 4.06. The number of para-hydroxylation sites is 1. The fraction of sp³-hybridized carbons (Fsp3) is 0.200. The molecule has 0 amide bonds. The molecule has 0 radical (unpaired) electrons. The summed E-state index contributed by atoms with van der Waals surface area (Å²) in [5, 5.41) is 3.39. The van der Waals surface area contributed by atoms with E-state index in [0.717, 1.165) is 14.8 Å². The maximum Gasteiger partial charge on any atom is 0.387 e. The van der Waals surface area contributed by atoms with Gasteiger partial charge in [0.15, 0.2) is 0 Å². The van der Waals surface area contributed by atoms with Crippen molar-refractivity contribution in [2.24, 2.45) is 0 Å². The third-order valence-electron chi connectivity index (χ3n) is 2.85. The molecule has 0 heterocycles. The van der Waals surface area contributed by atoms with Crippen LogP contribution in [0.3, 0.4) is 0 Å². The molecule has 106 valence electrons. The second kappa shape index (κ2) is 6.88. The van der Waals surface area contributed by atoms with E-state index < -0.39 is 6.61 Å². The highest BCUT2D eigenvalue weighted by molar-refractivity contribution is 14.1. The number of nitrogens with one attached hydrogen (secondary N) is 1. The molecule has 2 aromatic carbocycles. The first-order valence-corrected chi connectivity index (χ1v) is 7.20. The smallest absolute Gasteiger partial charge is 0.387 e. The van der Waals surface area contributed by atoms with Gasteiger partial charge in [-0.2, -0.15) is 8.78 Å². The van der Waals surface area contributed by atoms with E-state index in [2.05, 4.69) is 32.6 Å². The molecule has 0 aliphatic rings. The quantitative estimate of drug-likeness (QED) is 0.722. The zero-order valence-corrected chi connectivity index (χ0v) is 13.0. The monoisotopic (exact) mass is 389 g/mol. The summed E-state index contributed by atoms with van der Waals surface area (Å²) < 4.78 is 29.6. The molecule has 0 spiro atoms. The van der Waals surface area contributed by atoms with Crippen LogP contribution >= 0.6 is 22.6 Å². The molecule has 1 atom stereocenters. The fourth-order valence-corrected chi connectivity index (χ4v) is 2.38. The molecule has 0 saturated heterocycles. The van der Waals surface area contributed by atoms with Gasteiger partial charge in [-0.1, -0.05) is 24.3 Å². The molecule has 0 aliphatic heterocycles. The average molecular weight is 389 g/mol. The van der Waals surface area contributed by atoms with E-state index in [9.17, 15) is 8.78 Å². The molecule has 0 fully saturated rings. The Morgan fingerprint density at radius 2 is 1.70 bits per heavy atom. The zero-order chi connectivity index (χ0) is 14.5. The van der Waals surface area contributed by atoms with E-state index in [1.807, 2.05) is 31.2 Å². The van der Waals surface area contributed by atoms with Gasteiger partial charge in [-0.15, -0.1) is 0 Å². The topological polar surface area (TPSA) is 21.3 Å². The lowest BCUT2D eigenvalue weighted by molar-refractivity contribution is -0.0498. The number of halogens is 3. The summed E-state index contributed by atoms with van der Waals surface area (Å²) >= 11 is 2.27. The summed E-state index contributed by atoms with van der Waals surface area (Å²) in [5.74, 6) is 0.172. The predicted octanol–water partition coefficient (Wildman–Crippen LogP) is 5.07. The lowest BCUT2D eigenvalue weighted by atomic mass is 10.1. The molecule has 0 aliphatic carbocycles. The van der Waals surface area contributed by atoms with Crippen LogP contribution in [0, 0.1) is 3.57 Å². The van der Waals surface area contributed by atoms with Gasteiger partial charge in [0, 0.05) is 15.3 Å².